The fourth-order valence-corrected chi connectivity index (χ4v) is 3.89. The number of nitrogens with one attached hydrogen (secondary N) is 1. The van der Waals surface area contributed by atoms with E-state index in [0.717, 1.165) is 41.6 Å². The zero-order valence-corrected chi connectivity index (χ0v) is 20.2. The van der Waals surface area contributed by atoms with E-state index in [1.54, 1.807) is 19.2 Å². The van der Waals surface area contributed by atoms with Crippen molar-refractivity contribution in [3.05, 3.63) is 59.4 Å². The second-order valence-electron chi connectivity index (χ2n) is 7.59. The molecule has 2 aliphatic heterocycles. The number of ether oxygens (including phenoxy) is 3. The third-order valence-electron chi connectivity index (χ3n) is 5.30. The lowest BCUT2D eigenvalue weighted by Gasteiger charge is -2.38. The van der Waals surface area contributed by atoms with Gasteiger partial charge < -0.3 is 24.4 Å². The molecular weight excluding hydrogens is 512 g/mol. The highest BCUT2D eigenvalue weighted by molar-refractivity contribution is 14.0. The van der Waals surface area contributed by atoms with Gasteiger partial charge in [0.05, 0.1) is 25.9 Å². The standard InChI is InChI=1S/C23H28FN3O3.HI/c1-16-14-27(15-21(30-16)17-7-9-19(24)10-8-17)23(25-2)26-13-18-5-3-6-20-22(18)29-12-4-11-28-20;/h3,5-10,16,21H,4,11-15H2,1-2H3,(H,25,26);1H. The summed E-state index contributed by atoms with van der Waals surface area (Å²) in [4.78, 5) is 6.66. The molecule has 2 aliphatic rings. The molecule has 2 atom stereocenters. The highest BCUT2D eigenvalue weighted by atomic mass is 127. The van der Waals surface area contributed by atoms with Crippen molar-refractivity contribution in [3.63, 3.8) is 0 Å². The van der Waals surface area contributed by atoms with Gasteiger partial charge in [0, 0.05) is 32.1 Å². The van der Waals surface area contributed by atoms with Crippen LogP contribution in [0.1, 0.15) is 30.6 Å². The van der Waals surface area contributed by atoms with Crippen molar-refractivity contribution in [1.82, 2.24) is 10.2 Å². The second-order valence-corrected chi connectivity index (χ2v) is 7.59. The number of aliphatic imine (C=N–C) groups is 1. The summed E-state index contributed by atoms with van der Waals surface area (Å²) in [7, 11) is 1.78. The molecule has 0 amide bonds. The number of benzene rings is 2. The van der Waals surface area contributed by atoms with Crippen LogP contribution in [0.15, 0.2) is 47.5 Å². The van der Waals surface area contributed by atoms with Crippen molar-refractivity contribution in [2.24, 2.45) is 4.99 Å². The predicted molar refractivity (Wildman–Crippen MR) is 129 cm³/mol. The summed E-state index contributed by atoms with van der Waals surface area (Å²) in [6.45, 7) is 5.30. The quantitative estimate of drug-likeness (QED) is 0.360. The fraction of sp³-hybridized carbons (Fsp3) is 0.435. The maximum Gasteiger partial charge on any atom is 0.194 e. The lowest BCUT2D eigenvalue weighted by Crippen LogP contribution is -2.50. The van der Waals surface area contributed by atoms with Crippen LogP contribution in [0.25, 0.3) is 0 Å². The number of nitrogens with zero attached hydrogens (tertiary/aromatic N) is 2. The lowest BCUT2D eigenvalue weighted by atomic mass is 10.1. The first kappa shape index (κ1) is 23.6. The van der Waals surface area contributed by atoms with Crippen LogP contribution in [0.5, 0.6) is 11.5 Å². The smallest absolute Gasteiger partial charge is 0.194 e. The molecule has 2 aromatic rings. The first-order valence-electron chi connectivity index (χ1n) is 10.4. The van der Waals surface area contributed by atoms with Crippen LogP contribution < -0.4 is 14.8 Å². The molecule has 31 heavy (non-hydrogen) atoms. The van der Waals surface area contributed by atoms with Crippen molar-refractivity contribution in [1.29, 1.82) is 0 Å². The molecule has 1 N–H and O–H groups in total. The minimum Gasteiger partial charge on any atom is -0.490 e. The zero-order valence-electron chi connectivity index (χ0n) is 17.8. The van der Waals surface area contributed by atoms with Gasteiger partial charge in [0.2, 0.25) is 0 Å². The number of morpholine rings is 1. The molecule has 8 heteroatoms. The Labute approximate surface area is 199 Å². The summed E-state index contributed by atoms with van der Waals surface area (Å²) in [6.07, 6.45) is 0.759. The van der Waals surface area contributed by atoms with Gasteiger partial charge in [-0.15, -0.1) is 24.0 Å². The molecular formula is C23H29FIN3O3. The van der Waals surface area contributed by atoms with E-state index in [2.05, 4.69) is 15.2 Å². The number of fused-ring (bicyclic) bond motifs is 1. The number of para-hydroxylation sites is 1. The van der Waals surface area contributed by atoms with Crippen LogP contribution in [-0.2, 0) is 11.3 Å². The highest BCUT2D eigenvalue weighted by Gasteiger charge is 2.28. The average Bonchev–Trinajstić information content (AvgIpc) is 3.00. The average molecular weight is 541 g/mol. The summed E-state index contributed by atoms with van der Waals surface area (Å²) < 4.78 is 31.1. The van der Waals surface area contributed by atoms with Gasteiger partial charge in [-0.25, -0.2) is 4.39 Å². The predicted octanol–water partition coefficient (Wildman–Crippen LogP) is 4.14. The Balaban J connectivity index is 0.00000272. The van der Waals surface area contributed by atoms with Gasteiger partial charge in [-0.1, -0.05) is 24.3 Å². The molecule has 2 aromatic carbocycles. The fourth-order valence-electron chi connectivity index (χ4n) is 3.89. The van der Waals surface area contributed by atoms with Crippen LogP contribution in [0, 0.1) is 5.82 Å². The summed E-state index contributed by atoms with van der Waals surface area (Å²) in [5.74, 6) is 2.14. The van der Waals surface area contributed by atoms with E-state index >= 15 is 0 Å². The molecule has 0 bridgehead atoms. The number of hydrogen-bond donors (Lipinski definition) is 1. The Morgan fingerprint density at radius 1 is 1.13 bits per heavy atom. The van der Waals surface area contributed by atoms with Gasteiger partial charge in [0.25, 0.3) is 0 Å². The van der Waals surface area contributed by atoms with Gasteiger partial charge in [0.1, 0.15) is 11.9 Å². The Morgan fingerprint density at radius 3 is 2.68 bits per heavy atom. The molecule has 2 heterocycles. The summed E-state index contributed by atoms with van der Waals surface area (Å²) in [6, 6.07) is 12.5. The highest BCUT2D eigenvalue weighted by Crippen LogP contribution is 2.33. The summed E-state index contributed by atoms with van der Waals surface area (Å²) in [5.41, 5.74) is 1.99. The van der Waals surface area contributed by atoms with Crippen LogP contribution >= 0.6 is 24.0 Å². The van der Waals surface area contributed by atoms with E-state index in [1.165, 1.54) is 12.1 Å². The zero-order chi connectivity index (χ0) is 20.9. The van der Waals surface area contributed by atoms with E-state index < -0.39 is 0 Å². The van der Waals surface area contributed by atoms with Crippen LogP contribution in [-0.4, -0.2) is 50.3 Å². The van der Waals surface area contributed by atoms with Gasteiger partial charge >= 0.3 is 0 Å². The van der Waals surface area contributed by atoms with Gasteiger partial charge in [-0.2, -0.15) is 0 Å². The number of halogens is 2. The Kier molecular flexibility index (Phi) is 8.36. The Bertz CT molecular complexity index is 894. The van der Waals surface area contributed by atoms with E-state index in [4.69, 9.17) is 14.2 Å². The third-order valence-corrected chi connectivity index (χ3v) is 5.30. The van der Waals surface area contributed by atoms with Crippen LogP contribution in [0.2, 0.25) is 0 Å². The number of hydrogen-bond acceptors (Lipinski definition) is 4. The van der Waals surface area contributed by atoms with Crippen LogP contribution in [0.3, 0.4) is 0 Å². The number of guanidine groups is 1. The molecule has 1 fully saturated rings. The third kappa shape index (κ3) is 5.79. The Hall–Kier alpha value is -2.07. The molecule has 6 nitrogen and oxygen atoms in total. The molecule has 1 saturated heterocycles. The first-order valence-corrected chi connectivity index (χ1v) is 10.4. The monoisotopic (exact) mass is 541 g/mol. The molecule has 0 radical (unpaired) electrons. The molecule has 0 aliphatic carbocycles. The van der Waals surface area contributed by atoms with Crippen LogP contribution in [0.4, 0.5) is 4.39 Å². The molecule has 0 spiro atoms. The van der Waals surface area contributed by atoms with Crippen molar-refractivity contribution < 1.29 is 18.6 Å². The van der Waals surface area contributed by atoms with Crippen molar-refractivity contribution in [2.45, 2.75) is 32.1 Å². The van der Waals surface area contributed by atoms with Gasteiger partial charge in [-0.05, 0) is 30.7 Å². The summed E-state index contributed by atoms with van der Waals surface area (Å²) in [5, 5.41) is 3.45. The van der Waals surface area contributed by atoms with Crippen molar-refractivity contribution in [3.8, 4) is 11.5 Å². The van der Waals surface area contributed by atoms with E-state index in [9.17, 15) is 4.39 Å². The van der Waals surface area contributed by atoms with E-state index in [1.807, 2.05) is 25.1 Å². The second kappa shape index (κ2) is 11.0. The van der Waals surface area contributed by atoms with Crippen molar-refractivity contribution >= 4 is 29.9 Å². The number of rotatable bonds is 3. The molecule has 4 rings (SSSR count). The summed E-state index contributed by atoms with van der Waals surface area (Å²) >= 11 is 0. The molecule has 168 valence electrons. The first-order chi connectivity index (χ1) is 14.6. The maximum atomic E-state index is 13.3. The minimum atomic E-state index is -0.245. The molecule has 2 unspecified atom stereocenters. The normalized spacial score (nSPS) is 21.1. The van der Waals surface area contributed by atoms with E-state index in [0.29, 0.717) is 26.3 Å². The topological polar surface area (TPSA) is 55.3 Å². The van der Waals surface area contributed by atoms with Crippen molar-refractivity contribution in [2.75, 3.05) is 33.4 Å². The SMILES string of the molecule is CN=C(NCc1cccc2c1OCCCO2)N1CC(C)OC(c2ccc(F)cc2)C1.I. The lowest BCUT2D eigenvalue weighted by molar-refractivity contribution is -0.0605. The Morgan fingerprint density at radius 2 is 1.90 bits per heavy atom. The van der Waals surface area contributed by atoms with E-state index in [-0.39, 0.29) is 42.0 Å². The largest absolute Gasteiger partial charge is 0.490 e. The van der Waals surface area contributed by atoms with Gasteiger partial charge in [0.15, 0.2) is 17.5 Å². The molecule has 0 saturated carbocycles. The minimum absolute atomic E-state index is 0. The maximum absolute atomic E-state index is 13.3. The molecule has 0 aromatic heterocycles. The van der Waals surface area contributed by atoms with Gasteiger partial charge in [-0.3, -0.25) is 4.99 Å².